The van der Waals surface area contributed by atoms with Gasteiger partial charge >= 0.3 is 0 Å². The molecule has 1 aromatic heterocycles. The molecule has 3 rings (SSSR count). The van der Waals surface area contributed by atoms with E-state index in [-0.39, 0.29) is 17.1 Å². The van der Waals surface area contributed by atoms with Gasteiger partial charge in [0.1, 0.15) is 0 Å². The van der Waals surface area contributed by atoms with Crippen LogP contribution in [0.4, 0.5) is 0 Å². The van der Waals surface area contributed by atoms with Crippen molar-refractivity contribution in [2.45, 2.75) is 38.9 Å². The van der Waals surface area contributed by atoms with E-state index in [0.29, 0.717) is 13.1 Å². The van der Waals surface area contributed by atoms with Gasteiger partial charge in [0.05, 0.1) is 11.2 Å². The minimum atomic E-state index is -0.325. The van der Waals surface area contributed by atoms with Crippen LogP contribution in [-0.4, -0.2) is 40.1 Å². The van der Waals surface area contributed by atoms with Gasteiger partial charge in [-0.25, -0.2) is 0 Å². The number of nitrogens with zero attached hydrogens (tertiary/aromatic N) is 1. The number of H-pyrrole nitrogens is 1. The molecule has 1 aliphatic rings. The fourth-order valence-corrected chi connectivity index (χ4v) is 3.29. The Hall–Kier alpha value is -1.81. The Bertz CT molecular complexity index is 669. The summed E-state index contributed by atoms with van der Waals surface area (Å²) in [5.41, 5.74) is 1.06. The lowest BCUT2D eigenvalue weighted by Gasteiger charge is -2.47. The van der Waals surface area contributed by atoms with E-state index in [1.54, 1.807) is 0 Å². The number of ether oxygens (including phenoxy) is 1. The van der Waals surface area contributed by atoms with Crippen molar-refractivity contribution in [2.75, 3.05) is 13.1 Å². The second kappa shape index (κ2) is 4.60. The number of hydrogen-bond donors (Lipinski definition) is 1. The van der Waals surface area contributed by atoms with Crippen molar-refractivity contribution in [3.05, 3.63) is 36.0 Å². The first-order valence-electron chi connectivity index (χ1n) is 7.32. The fourth-order valence-electron chi connectivity index (χ4n) is 3.29. The van der Waals surface area contributed by atoms with Crippen LogP contribution in [0.25, 0.3) is 10.9 Å². The third-order valence-electron chi connectivity index (χ3n) is 3.79. The third-order valence-corrected chi connectivity index (χ3v) is 3.79. The Morgan fingerprint density at radius 1 is 1.14 bits per heavy atom. The maximum atomic E-state index is 12.8. The van der Waals surface area contributed by atoms with E-state index in [9.17, 15) is 4.79 Å². The lowest BCUT2D eigenvalue weighted by Crippen LogP contribution is -2.58. The number of amides is 1. The standard InChI is InChI=1S/C17H22N2O2/c1-16(2)10-19(11-17(3,4)21-16)15(20)13-6-5-12-7-8-18-14(12)9-13/h5-9,18H,10-11H2,1-4H3. The molecule has 1 amide bonds. The monoisotopic (exact) mass is 286 g/mol. The molecular weight excluding hydrogens is 264 g/mol. The van der Waals surface area contributed by atoms with Crippen molar-refractivity contribution in [1.29, 1.82) is 0 Å². The summed E-state index contributed by atoms with van der Waals surface area (Å²) < 4.78 is 6.04. The van der Waals surface area contributed by atoms with Crippen molar-refractivity contribution >= 4 is 16.8 Å². The predicted molar refractivity (Wildman–Crippen MR) is 83.4 cm³/mol. The number of hydrogen-bond acceptors (Lipinski definition) is 2. The summed E-state index contributed by atoms with van der Waals surface area (Å²) >= 11 is 0. The van der Waals surface area contributed by atoms with Crippen LogP contribution in [-0.2, 0) is 4.74 Å². The molecule has 0 bridgehead atoms. The zero-order chi connectivity index (χ0) is 15.3. The van der Waals surface area contributed by atoms with Gasteiger partial charge in [-0.3, -0.25) is 4.79 Å². The molecule has 1 aliphatic heterocycles. The van der Waals surface area contributed by atoms with Crippen LogP contribution in [0.3, 0.4) is 0 Å². The highest BCUT2D eigenvalue weighted by molar-refractivity contribution is 5.98. The third kappa shape index (κ3) is 2.81. The topological polar surface area (TPSA) is 45.3 Å². The van der Waals surface area contributed by atoms with Crippen LogP contribution in [0, 0.1) is 0 Å². The number of nitrogens with one attached hydrogen (secondary N) is 1. The van der Waals surface area contributed by atoms with E-state index in [1.165, 1.54) is 0 Å². The Balaban J connectivity index is 1.90. The minimum Gasteiger partial charge on any atom is -0.366 e. The average molecular weight is 286 g/mol. The quantitative estimate of drug-likeness (QED) is 0.875. The fraction of sp³-hybridized carbons (Fsp3) is 0.471. The van der Waals surface area contributed by atoms with Gasteiger partial charge < -0.3 is 14.6 Å². The molecule has 4 nitrogen and oxygen atoms in total. The van der Waals surface area contributed by atoms with Gasteiger partial charge in [0.25, 0.3) is 5.91 Å². The number of carbonyl (C=O) groups excluding carboxylic acids is 1. The maximum Gasteiger partial charge on any atom is 0.254 e. The summed E-state index contributed by atoms with van der Waals surface area (Å²) in [4.78, 5) is 17.8. The SMILES string of the molecule is CC1(C)CN(C(=O)c2ccc3cc[nH]c3c2)CC(C)(C)O1. The van der Waals surface area contributed by atoms with Gasteiger partial charge in [0, 0.05) is 30.4 Å². The second-order valence-electron chi connectivity index (χ2n) is 7.06. The zero-order valence-corrected chi connectivity index (χ0v) is 13.1. The molecule has 0 unspecified atom stereocenters. The smallest absolute Gasteiger partial charge is 0.254 e. The number of rotatable bonds is 1. The van der Waals surface area contributed by atoms with Crippen LogP contribution in [0.5, 0.6) is 0 Å². The second-order valence-corrected chi connectivity index (χ2v) is 7.06. The van der Waals surface area contributed by atoms with Gasteiger partial charge in [0.15, 0.2) is 0 Å². The van der Waals surface area contributed by atoms with Crippen molar-refractivity contribution in [1.82, 2.24) is 9.88 Å². The number of aromatic nitrogens is 1. The molecule has 1 saturated heterocycles. The number of morpholine rings is 1. The molecule has 1 aromatic carbocycles. The molecule has 1 N–H and O–H groups in total. The van der Waals surface area contributed by atoms with E-state index >= 15 is 0 Å². The summed E-state index contributed by atoms with van der Waals surface area (Å²) in [6, 6.07) is 7.81. The lowest BCUT2D eigenvalue weighted by atomic mass is 9.98. The summed E-state index contributed by atoms with van der Waals surface area (Å²) in [6.45, 7) is 9.34. The highest BCUT2D eigenvalue weighted by Crippen LogP contribution is 2.29. The van der Waals surface area contributed by atoms with E-state index in [0.717, 1.165) is 16.5 Å². The van der Waals surface area contributed by atoms with Crippen LogP contribution in [0.1, 0.15) is 38.1 Å². The molecule has 112 valence electrons. The highest BCUT2D eigenvalue weighted by Gasteiger charge is 2.40. The van der Waals surface area contributed by atoms with Gasteiger partial charge in [-0.2, -0.15) is 0 Å². The van der Waals surface area contributed by atoms with E-state index < -0.39 is 0 Å². The first-order valence-corrected chi connectivity index (χ1v) is 7.32. The molecule has 0 spiro atoms. The van der Waals surface area contributed by atoms with Crippen LogP contribution >= 0.6 is 0 Å². The Morgan fingerprint density at radius 2 is 1.81 bits per heavy atom. The maximum absolute atomic E-state index is 12.8. The lowest BCUT2D eigenvalue weighted by molar-refractivity contribution is -0.171. The van der Waals surface area contributed by atoms with Crippen molar-refractivity contribution < 1.29 is 9.53 Å². The van der Waals surface area contributed by atoms with Crippen molar-refractivity contribution in [3.63, 3.8) is 0 Å². The van der Waals surface area contributed by atoms with Gasteiger partial charge in [0.2, 0.25) is 0 Å². The molecule has 21 heavy (non-hydrogen) atoms. The summed E-state index contributed by atoms with van der Waals surface area (Å²) in [6.07, 6.45) is 1.89. The summed E-state index contributed by atoms with van der Waals surface area (Å²) in [5, 5.41) is 1.12. The largest absolute Gasteiger partial charge is 0.366 e. The average Bonchev–Trinajstić information content (AvgIpc) is 2.81. The first-order chi connectivity index (χ1) is 9.76. The van der Waals surface area contributed by atoms with E-state index in [2.05, 4.69) is 4.98 Å². The molecular formula is C17H22N2O2. The van der Waals surface area contributed by atoms with Gasteiger partial charge in [-0.1, -0.05) is 6.07 Å². The van der Waals surface area contributed by atoms with Crippen LogP contribution in [0.2, 0.25) is 0 Å². The summed E-state index contributed by atoms with van der Waals surface area (Å²) in [7, 11) is 0. The van der Waals surface area contributed by atoms with Crippen LogP contribution in [0.15, 0.2) is 30.5 Å². The molecule has 2 aromatic rings. The highest BCUT2D eigenvalue weighted by atomic mass is 16.5. The molecule has 0 aliphatic carbocycles. The van der Waals surface area contributed by atoms with E-state index in [4.69, 9.17) is 4.74 Å². The molecule has 4 heteroatoms. The number of aromatic amines is 1. The predicted octanol–water partition coefficient (Wildman–Crippen LogP) is 3.20. The number of fused-ring (bicyclic) bond motifs is 1. The Kier molecular flexibility index (Phi) is 3.10. The van der Waals surface area contributed by atoms with Crippen molar-refractivity contribution in [3.8, 4) is 0 Å². The molecule has 0 atom stereocenters. The minimum absolute atomic E-state index is 0.0657. The molecule has 2 heterocycles. The normalized spacial score (nSPS) is 20.7. The first kappa shape index (κ1) is 14.1. The Morgan fingerprint density at radius 3 is 2.48 bits per heavy atom. The van der Waals surface area contributed by atoms with Gasteiger partial charge in [-0.05, 0) is 51.3 Å². The van der Waals surface area contributed by atoms with Crippen LogP contribution < -0.4 is 0 Å². The number of carbonyl (C=O) groups is 1. The van der Waals surface area contributed by atoms with Gasteiger partial charge in [-0.15, -0.1) is 0 Å². The van der Waals surface area contributed by atoms with E-state index in [1.807, 2.05) is 63.1 Å². The number of benzene rings is 1. The Labute approximate surface area is 125 Å². The molecule has 0 radical (unpaired) electrons. The summed E-state index contributed by atoms with van der Waals surface area (Å²) in [5.74, 6) is 0.0657. The van der Waals surface area contributed by atoms with Crippen molar-refractivity contribution in [2.24, 2.45) is 0 Å². The zero-order valence-electron chi connectivity index (χ0n) is 13.1. The molecule has 0 saturated carbocycles. The molecule has 1 fully saturated rings.